The average molecular weight is 332 g/mol. The number of aliphatic hydroxyl groups excluding tert-OH is 1. The summed E-state index contributed by atoms with van der Waals surface area (Å²) in [5, 5.41) is 14.6. The van der Waals surface area contributed by atoms with Crippen molar-refractivity contribution in [3.8, 4) is 0 Å². The number of thiazole rings is 1. The second-order valence-electron chi connectivity index (χ2n) is 5.55. The first-order valence-electron chi connectivity index (χ1n) is 7.80. The maximum atomic E-state index is 12.1. The lowest BCUT2D eigenvalue weighted by Crippen LogP contribution is -2.26. The molecule has 1 aliphatic heterocycles. The van der Waals surface area contributed by atoms with E-state index in [1.54, 1.807) is 5.38 Å². The highest BCUT2D eigenvalue weighted by molar-refractivity contribution is 7.09. The molecule has 1 saturated heterocycles. The standard InChI is InChI=1S/C17H20N2O3S/c20-10-13-5-3-12(4-6-13)7-8-18-16(21)14-11-23-17(19-14)15-2-1-9-22-15/h3-6,11,15,20H,1-2,7-10H2,(H,18,21). The summed E-state index contributed by atoms with van der Waals surface area (Å²) in [6, 6.07) is 7.73. The highest BCUT2D eigenvalue weighted by Crippen LogP contribution is 2.30. The van der Waals surface area contributed by atoms with E-state index in [1.165, 1.54) is 11.3 Å². The van der Waals surface area contributed by atoms with Gasteiger partial charge in [0.25, 0.3) is 5.91 Å². The van der Waals surface area contributed by atoms with Gasteiger partial charge in [0.05, 0.1) is 6.61 Å². The first kappa shape index (κ1) is 16.1. The van der Waals surface area contributed by atoms with Crippen LogP contribution in [0, 0.1) is 0 Å². The molecule has 1 unspecified atom stereocenters. The number of carbonyl (C=O) groups excluding carboxylic acids is 1. The van der Waals surface area contributed by atoms with E-state index in [-0.39, 0.29) is 18.6 Å². The van der Waals surface area contributed by atoms with E-state index in [2.05, 4.69) is 10.3 Å². The van der Waals surface area contributed by atoms with Gasteiger partial charge in [0.1, 0.15) is 16.8 Å². The molecule has 0 spiro atoms. The number of hydrogen-bond donors (Lipinski definition) is 2. The van der Waals surface area contributed by atoms with Crippen LogP contribution in [0.2, 0.25) is 0 Å². The lowest BCUT2D eigenvalue weighted by molar-refractivity contribution is 0.0946. The summed E-state index contributed by atoms with van der Waals surface area (Å²) in [7, 11) is 0. The van der Waals surface area contributed by atoms with Crippen LogP contribution in [0.1, 0.15) is 45.6 Å². The van der Waals surface area contributed by atoms with Crippen molar-refractivity contribution >= 4 is 17.2 Å². The second kappa shape index (κ2) is 7.68. The van der Waals surface area contributed by atoms with Crippen LogP contribution in [-0.2, 0) is 17.8 Å². The Labute approximate surface area is 139 Å². The number of aromatic nitrogens is 1. The molecule has 1 aromatic heterocycles. The number of carbonyl (C=O) groups is 1. The number of rotatable bonds is 6. The van der Waals surface area contributed by atoms with E-state index >= 15 is 0 Å². The van der Waals surface area contributed by atoms with Crippen LogP contribution in [0.15, 0.2) is 29.6 Å². The molecule has 1 amide bonds. The molecule has 1 fully saturated rings. The first-order chi connectivity index (χ1) is 11.3. The van der Waals surface area contributed by atoms with Crippen molar-refractivity contribution < 1.29 is 14.6 Å². The monoisotopic (exact) mass is 332 g/mol. The third-order valence-electron chi connectivity index (χ3n) is 3.86. The van der Waals surface area contributed by atoms with E-state index < -0.39 is 0 Å². The molecule has 122 valence electrons. The third-order valence-corrected chi connectivity index (χ3v) is 4.80. The molecule has 1 aliphatic rings. The topological polar surface area (TPSA) is 71.5 Å². The Morgan fingerprint density at radius 2 is 2.13 bits per heavy atom. The molecule has 0 aliphatic carbocycles. The van der Waals surface area contributed by atoms with Gasteiger partial charge in [-0.05, 0) is 30.4 Å². The van der Waals surface area contributed by atoms with Crippen LogP contribution < -0.4 is 5.32 Å². The number of hydrogen-bond acceptors (Lipinski definition) is 5. The Kier molecular flexibility index (Phi) is 5.38. The Hall–Kier alpha value is -1.76. The second-order valence-corrected chi connectivity index (χ2v) is 6.44. The maximum Gasteiger partial charge on any atom is 0.270 e. The predicted octanol–water partition coefficient (Wildman–Crippen LogP) is 2.46. The van der Waals surface area contributed by atoms with Crippen molar-refractivity contribution in [2.45, 2.75) is 32.0 Å². The van der Waals surface area contributed by atoms with Gasteiger partial charge >= 0.3 is 0 Å². The molecule has 23 heavy (non-hydrogen) atoms. The predicted molar refractivity (Wildman–Crippen MR) is 88.4 cm³/mol. The highest BCUT2D eigenvalue weighted by atomic mass is 32.1. The van der Waals surface area contributed by atoms with Crippen LogP contribution in [0.5, 0.6) is 0 Å². The summed E-state index contributed by atoms with van der Waals surface area (Å²) < 4.78 is 5.59. The van der Waals surface area contributed by atoms with E-state index in [4.69, 9.17) is 9.84 Å². The van der Waals surface area contributed by atoms with Crippen LogP contribution >= 0.6 is 11.3 Å². The molecule has 2 aromatic rings. The van der Waals surface area contributed by atoms with Gasteiger partial charge in [-0.2, -0.15) is 0 Å². The van der Waals surface area contributed by atoms with Crippen molar-refractivity contribution in [3.63, 3.8) is 0 Å². The largest absolute Gasteiger partial charge is 0.392 e. The summed E-state index contributed by atoms with van der Waals surface area (Å²) in [6.07, 6.45) is 2.85. The van der Waals surface area contributed by atoms with Crippen LogP contribution in [-0.4, -0.2) is 29.1 Å². The summed E-state index contributed by atoms with van der Waals surface area (Å²) in [4.78, 5) is 16.5. The zero-order valence-electron chi connectivity index (χ0n) is 12.8. The Bertz CT molecular complexity index is 648. The molecule has 2 N–H and O–H groups in total. The molecule has 3 rings (SSSR count). The average Bonchev–Trinajstić information content (AvgIpc) is 3.26. The van der Waals surface area contributed by atoms with Gasteiger partial charge in [-0.3, -0.25) is 4.79 Å². The number of benzene rings is 1. The summed E-state index contributed by atoms with van der Waals surface area (Å²) in [5.74, 6) is -0.141. The van der Waals surface area contributed by atoms with Crippen molar-refractivity contribution in [1.29, 1.82) is 0 Å². The Balaban J connectivity index is 1.48. The van der Waals surface area contributed by atoms with Crippen molar-refractivity contribution in [2.75, 3.05) is 13.2 Å². The maximum absolute atomic E-state index is 12.1. The van der Waals surface area contributed by atoms with Crippen molar-refractivity contribution in [1.82, 2.24) is 10.3 Å². The van der Waals surface area contributed by atoms with Gasteiger partial charge in [0.15, 0.2) is 0 Å². The van der Waals surface area contributed by atoms with Gasteiger partial charge < -0.3 is 15.2 Å². The molecular formula is C17H20N2O3S. The third kappa shape index (κ3) is 4.16. The zero-order chi connectivity index (χ0) is 16.1. The van der Waals surface area contributed by atoms with Crippen molar-refractivity contribution in [2.24, 2.45) is 0 Å². The van der Waals surface area contributed by atoms with E-state index in [1.807, 2.05) is 24.3 Å². The minimum atomic E-state index is -0.141. The lowest BCUT2D eigenvalue weighted by atomic mass is 10.1. The van der Waals surface area contributed by atoms with Gasteiger partial charge in [0, 0.05) is 18.5 Å². The minimum absolute atomic E-state index is 0.0495. The number of nitrogens with one attached hydrogen (secondary N) is 1. The summed E-state index contributed by atoms with van der Waals surface area (Å²) in [5.41, 5.74) is 2.49. The fraction of sp³-hybridized carbons (Fsp3) is 0.412. The van der Waals surface area contributed by atoms with E-state index in [0.717, 1.165) is 42.0 Å². The molecular weight excluding hydrogens is 312 g/mol. The van der Waals surface area contributed by atoms with Gasteiger partial charge in [-0.15, -0.1) is 11.3 Å². The fourth-order valence-electron chi connectivity index (χ4n) is 2.53. The van der Waals surface area contributed by atoms with Gasteiger partial charge in [0.2, 0.25) is 0 Å². The Morgan fingerprint density at radius 1 is 1.35 bits per heavy atom. The Morgan fingerprint density at radius 3 is 2.83 bits per heavy atom. The smallest absolute Gasteiger partial charge is 0.270 e. The first-order valence-corrected chi connectivity index (χ1v) is 8.68. The SMILES string of the molecule is O=C(NCCc1ccc(CO)cc1)c1csc(C2CCCO2)n1. The lowest BCUT2D eigenvalue weighted by Gasteiger charge is -2.05. The molecule has 5 nitrogen and oxygen atoms in total. The van der Waals surface area contributed by atoms with E-state index in [9.17, 15) is 4.79 Å². The quantitative estimate of drug-likeness (QED) is 0.852. The minimum Gasteiger partial charge on any atom is -0.392 e. The molecule has 0 bridgehead atoms. The molecule has 6 heteroatoms. The molecule has 2 heterocycles. The molecule has 1 aromatic carbocycles. The zero-order valence-corrected chi connectivity index (χ0v) is 13.6. The van der Waals surface area contributed by atoms with Crippen molar-refractivity contribution in [3.05, 3.63) is 51.5 Å². The summed E-state index contributed by atoms with van der Waals surface area (Å²) >= 11 is 1.49. The van der Waals surface area contributed by atoms with Gasteiger partial charge in [-0.25, -0.2) is 4.98 Å². The van der Waals surface area contributed by atoms with E-state index in [0.29, 0.717) is 12.2 Å². The number of ether oxygens (including phenoxy) is 1. The number of aliphatic hydroxyl groups is 1. The van der Waals surface area contributed by atoms with Gasteiger partial charge in [-0.1, -0.05) is 24.3 Å². The van der Waals surface area contributed by atoms with Crippen LogP contribution in [0.25, 0.3) is 0 Å². The molecule has 0 saturated carbocycles. The number of nitrogens with zero attached hydrogens (tertiary/aromatic N) is 1. The summed E-state index contributed by atoms with van der Waals surface area (Å²) in [6.45, 7) is 1.39. The molecule has 1 atom stereocenters. The fourth-order valence-corrected chi connectivity index (χ4v) is 3.42. The van der Waals surface area contributed by atoms with Crippen LogP contribution in [0.4, 0.5) is 0 Å². The number of amides is 1. The highest BCUT2D eigenvalue weighted by Gasteiger charge is 2.22. The molecule has 0 radical (unpaired) electrons. The normalized spacial score (nSPS) is 17.3. The van der Waals surface area contributed by atoms with Crippen LogP contribution in [0.3, 0.4) is 0 Å².